The van der Waals surface area contributed by atoms with E-state index in [-0.39, 0.29) is 41.6 Å². The van der Waals surface area contributed by atoms with Crippen LogP contribution in [0.5, 0.6) is 5.75 Å². The van der Waals surface area contributed by atoms with Gasteiger partial charge in [-0.15, -0.1) is 0 Å². The van der Waals surface area contributed by atoms with Gasteiger partial charge in [0.2, 0.25) is 5.79 Å². The predicted molar refractivity (Wildman–Crippen MR) is 152 cm³/mol. The fraction of sp³-hybridized carbons (Fsp3) is 0.515. The van der Waals surface area contributed by atoms with E-state index in [0.717, 1.165) is 31.4 Å². The Hall–Kier alpha value is -3.25. The van der Waals surface area contributed by atoms with Gasteiger partial charge in [-0.05, 0) is 86.1 Å². The number of halogens is 3. The Labute approximate surface area is 253 Å². The van der Waals surface area contributed by atoms with Crippen molar-refractivity contribution in [3.8, 4) is 5.75 Å². The Kier molecular flexibility index (Phi) is 8.11. The summed E-state index contributed by atoms with van der Waals surface area (Å²) in [6, 6.07) is 10.9. The van der Waals surface area contributed by atoms with Gasteiger partial charge in [-0.2, -0.15) is 13.2 Å². The van der Waals surface area contributed by atoms with Gasteiger partial charge in [0.1, 0.15) is 12.0 Å². The number of ketones is 1. The summed E-state index contributed by atoms with van der Waals surface area (Å²) in [4.78, 5) is 37.5. The first kappa shape index (κ1) is 30.8. The Bertz CT molecular complexity index is 1430. The van der Waals surface area contributed by atoms with Crippen LogP contribution in [-0.4, -0.2) is 42.2 Å². The van der Waals surface area contributed by atoms with Crippen molar-refractivity contribution in [2.75, 3.05) is 6.61 Å². The van der Waals surface area contributed by atoms with Gasteiger partial charge >= 0.3 is 6.18 Å². The second kappa shape index (κ2) is 11.6. The molecule has 0 aromatic heterocycles. The number of ether oxygens (including phenoxy) is 3. The summed E-state index contributed by atoms with van der Waals surface area (Å²) in [6.45, 7) is 5.87. The summed E-state index contributed by atoms with van der Waals surface area (Å²) < 4.78 is 57.2. The van der Waals surface area contributed by atoms with Crippen molar-refractivity contribution < 1.29 is 46.7 Å². The van der Waals surface area contributed by atoms with Crippen molar-refractivity contribution in [3.05, 3.63) is 71.3 Å². The van der Waals surface area contributed by atoms with E-state index < -0.39 is 35.6 Å². The number of amides is 1. The highest BCUT2D eigenvalue weighted by Crippen LogP contribution is 2.60. The minimum absolute atomic E-state index is 0.0610. The van der Waals surface area contributed by atoms with Crippen LogP contribution in [0.2, 0.25) is 0 Å². The van der Waals surface area contributed by atoms with E-state index in [1.807, 2.05) is 13.8 Å². The van der Waals surface area contributed by atoms with E-state index in [0.29, 0.717) is 23.7 Å². The normalized spacial score (nSPS) is 34.7. The van der Waals surface area contributed by atoms with Crippen molar-refractivity contribution in [2.24, 2.45) is 23.7 Å². The Morgan fingerprint density at radius 1 is 1.05 bits per heavy atom. The number of benzene rings is 2. The second-order valence-corrected chi connectivity index (χ2v) is 12.5. The Morgan fingerprint density at radius 3 is 2.57 bits per heavy atom. The van der Waals surface area contributed by atoms with Gasteiger partial charge in [-0.3, -0.25) is 9.59 Å². The molecule has 8 atom stereocenters. The van der Waals surface area contributed by atoms with Crippen LogP contribution in [0.25, 0.3) is 6.08 Å². The van der Waals surface area contributed by atoms with Crippen molar-refractivity contribution in [1.29, 1.82) is 0 Å². The van der Waals surface area contributed by atoms with E-state index in [9.17, 15) is 22.8 Å². The number of fused-ring (bicyclic) bond motifs is 2. The lowest BCUT2D eigenvalue weighted by molar-refractivity contribution is -0.571. The van der Waals surface area contributed by atoms with Crippen molar-refractivity contribution >= 4 is 17.8 Å². The third-order valence-electron chi connectivity index (χ3n) is 9.61. The maximum Gasteiger partial charge on any atom is 0.416 e. The van der Waals surface area contributed by atoms with Crippen LogP contribution in [0.3, 0.4) is 0 Å². The van der Waals surface area contributed by atoms with Crippen LogP contribution < -0.4 is 10.1 Å². The topological polar surface area (TPSA) is 92.3 Å². The lowest BCUT2D eigenvalue weighted by Gasteiger charge is -2.60. The highest BCUT2D eigenvalue weighted by Gasteiger charge is 2.69. The van der Waals surface area contributed by atoms with Crippen molar-refractivity contribution in [2.45, 2.75) is 76.5 Å². The molecule has 0 unspecified atom stereocenters. The maximum atomic E-state index is 12.9. The molecule has 4 saturated heterocycles. The van der Waals surface area contributed by atoms with E-state index in [2.05, 4.69) is 12.2 Å². The summed E-state index contributed by atoms with van der Waals surface area (Å²) >= 11 is 0. The number of nitrogens with one attached hydrogen (secondary N) is 1. The molecule has 2 bridgehead atoms. The monoisotopic (exact) mass is 615 g/mol. The number of carbonyl (C=O) groups is 2. The smallest absolute Gasteiger partial charge is 0.416 e. The molecule has 1 spiro atoms. The molecule has 7 rings (SSSR count). The molecule has 1 N–H and O–H groups in total. The highest BCUT2D eigenvalue weighted by molar-refractivity contribution is 6.06. The van der Waals surface area contributed by atoms with Gasteiger partial charge in [0.25, 0.3) is 5.91 Å². The van der Waals surface area contributed by atoms with Crippen molar-refractivity contribution in [1.82, 2.24) is 5.32 Å². The average Bonchev–Trinajstić information content (AvgIpc) is 3.23. The average molecular weight is 616 g/mol. The third-order valence-corrected chi connectivity index (χ3v) is 9.61. The summed E-state index contributed by atoms with van der Waals surface area (Å²) in [5.74, 6) is -0.610. The molecule has 5 aliphatic rings. The van der Waals surface area contributed by atoms with Crippen LogP contribution in [0.1, 0.15) is 67.9 Å². The Morgan fingerprint density at radius 2 is 1.82 bits per heavy atom. The molecule has 5 fully saturated rings. The van der Waals surface area contributed by atoms with Crippen LogP contribution in [0.15, 0.2) is 54.6 Å². The van der Waals surface area contributed by atoms with E-state index in [1.54, 1.807) is 12.1 Å². The van der Waals surface area contributed by atoms with Gasteiger partial charge in [-0.1, -0.05) is 32.1 Å². The van der Waals surface area contributed by atoms with E-state index in [1.165, 1.54) is 36.4 Å². The molecular formula is C33H36F3NO7. The van der Waals surface area contributed by atoms with E-state index >= 15 is 0 Å². The first-order valence-electron chi connectivity index (χ1n) is 15.0. The van der Waals surface area contributed by atoms with Gasteiger partial charge in [-0.25, -0.2) is 9.78 Å². The zero-order chi connectivity index (χ0) is 31.3. The largest absolute Gasteiger partial charge is 0.484 e. The summed E-state index contributed by atoms with van der Waals surface area (Å²) in [7, 11) is 0. The zero-order valence-electron chi connectivity index (χ0n) is 24.8. The molecule has 1 aliphatic carbocycles. The zero-order valence-corrected chi connectivity index (χ0v) is 24.8. The minimum atomic E-state index is -4.46. The number of allylic oxidation sites excluding steroid dienone is 1. The van der Waals surface area contributed by atoms with Crippen LogP contribution >= 0.6 is 0 Å². The molecule has 236 valence electrons. The van der Waals surface area contributed by atoms with Gasteiger partial charge < -0.3 is 19.5 Å². The van der Waals surface area contributed by atoms with Crippen molar-refractivity contribution in [3.63, 3.8) is 0 Å². The molecule has 4 heterocycles. The number of carbonyl (C=O) groups excluding carboxylic acids is 2. The van der Waals surface area contributed by atoms with Gasteiger partial charge in [0.15, 0.2) is 24.3 Å². The lowest BCUT2D eigenvalue weighted by atomic mass is 9.58. The number of alkyl halides is 3. The molecule has 2 aromatic rings. The van der Waals surface area contributed by atoms with E-state index in [4.69, 9.17) is 24.0 Å². The summed E-state index contributed by atoms with van der Waals surface area (Å²) in [6.07, 6.45) is 0.394. The molecule has 44 heavy (non-hydrogen) atoms. The molecular weight excluding hydrogens is 579 g/mol. The van der Waals surface area contributed by atoms with Crippen LogP contribution in [0.4, 0.5) is 13.2 Å². The Balaban J connectivity index is 1.05. The number of rotatable bonds is 7. The van der Waals surface area contributed by atoms with Crippen LogP contribution in [0, 0.1) is 23.7 Å². The second-order valence-electron chi connectivity index (χ2n) is 12.5. The number of hydrogen-bond acceptors (Lipinski definition) is 7. The van der Waals surface area contributed by atoms with Gasteiger partial charge in [0, 0.05) is 23.8 Å². The van der Waals surface area contributed by atoms with Gasteiger partial charge in [0.05, 0.1) is 5.56 Å². The molecule has 0 radical (unpaired) electrons. The summed E-state index contributed by atoms with van der Waals surface area (Å²) in [5, 5.41) is 2.95. The minimum Gasteiger partial charge on any atom is -0.484 e. The molecule has 11 heteroatoms. The fourth-order valence-corrected chi connectivity index (χ4v) is 7.22. The maximum absolute atomic E-state index is 12.9. The first-order chi connectivity index (χ1) is 20.9. The molecule has 4 aliphatic heterocycles. The fourth-order valence-electron chi connectivity index (χ4n) is 7.22. The number of hydrogen-bond donors (Lipinski definition) is 1. The standard InChI is InChI=1S/C33H36F3NO7/c1-19-7-13-26-20(2)29(41-30-32(26)25(19)15-16-31(3,42-30)43-44-32)37-28(39)18-40-24-11-9-22(10-12-24)27(38)14-8-21-5-4-6-23(17-21)33(34,35)36/h4-6,8-12,14,17,19-20,25-26,29-30H,7,13,15-16,18H2,1-3H3,(H,37,39)/b14-8+/t19-,20-,25+,26+,29+,30-,31-,32-/m1/s1. The SMILES string of the molecule is C[C@H]1[C@@H](NC(=O)COc2ccc(C(=O)/C=C/c3cccc(C(F)(F)F)c3)cc2)O[C@@H]2O[C@@]3(C)CC[C@H]4[C@H](C)CC[C@@H]1[C@@]24OO3. The molecule has 2 aromatic carbocycles. The summed E-state index contributed by atoms with van der Waals surface area (Å²) in [5.41, 5.74) is -0.921. The third kappa shape index (κ3) is 5.78. The predicted octanol–water partition coefficient (Wildman–Crippen LogP) is 6.30. The first-order valence-corrected chi connectivity index (χ1v) is 15.0. The molecule has 8 nitrogen and oxygen atoms in total. The highest BCUT2D eigenvalue weighted by atomic mass is 19.4. The van der Waals surface area contributed by atoms with Crippen LogP contribution in [-0.2, 0) is 30.2 Å². The quantitative estimate of drug-likeness (QED) is 0.222. The lowest BCUT2D eigenvalue weighted by Crippen LogP contribution is -2.72. The molecule has 1 saturated carbocycles. The molecule has 1 amide bonds.